The number of aryl methyl sites for hydroxylation is 3. The molecule has 1 unspecified atom stereocenters. The Bertz CT molecular complexity index is 523. The molecule has 0 bridgehead atoms. The largest absolute Gasteiger partial charge is 0.357 e. The molecule has 5 nitrogen and oxygen atoms in total. The maximum atomic E-state index is 4.78. The minimum Gasteiger partial charge on any atom is -0.357 e. The maximum absolute atomic E-state index is 4.78. The Hall–Kier alpha value is -0.440. The number of halogens is 1. The van der Waals surface area contributed by atoms with Gasteiger partial charge in [0.05, 0.1) is 12.2 Å². The summed E-state index contributed by atoms with van der Waals surface area (Å²) in [7, 11) is 0. The molecule has 2 N–H and O–H groups in total. The predicted molar refractivity (Wildman–Crippen MR) is 116 cm³/mol. The first-order valence-corrected chi connectivity index (χ1v) is 9.68. The van der Waals surface area contributed by atoms with Gasteiger partial charge in [-0.25, -0.2) is 0 Å². The number of nitrogens with one attached hydrogen (secondary N) is 2. The number of rotatable bonds is 7. The summed E-state index contributed by atoms with van der Waals surface area (Å²) in [5.74, 6) is 2.22. The topological polar surface area (TPSA) is 54.2 Å². The van der Waals surface area contributed by atoms with Crippen molar-refractivity contribution in [2.75, 3.05) is 25.4 Å². The maximum Gasteiger partial charge on any atom is 0.191 e. The van der Waals surface area contributed by atoms with Gasteiger partial charge in [0, 0.05) is 30.1 Å². The van der Waals surface area contributed by atoms with Gasteiger partial charge >= 0.3 is 0 Å². The molecule has 138 valence electrons. The molecule has 24 heavy (non-hydrogen) atoms. The quantitative estimate of drug-likeness (QED) is 0.281. The van der Waals surface area contributed by atoms with Crippen LogP contribution in [0.1, 0.15) is 44.5 Å². The van der Waals surface area contributed by atoms with Crippen LogP contribution in [0.3, 0.4) is 0 Å². The summed E-state index contributed by atoms with van der Waals surface area (Å²) >= 11 is 2.06. The minimum absolute atomic E-state index is 0. The van der Waals surface area contributed by atoms with Crippen LogP contribution in [-0.4, -0.2) is 45.9 Å². The van der Waals surface area contributed by atoms with Crippen LogP contribution in [0.25, 0.3) is 0 Å². The summed E-state index contributed by atoms with van der Waals surface area (Å²) in [5, 5.41) is 11.3. The average Bonchev–Trinajstić information content (AvgIpc) is 3.07. The van der Waals surface area contributed by atoms with E-state index in [2.05, 4.69) is 59.0 Å². The van der Waals surface area contributed by atoms with Crippen molar-refractivity contribution in [3.8, 4) is 0 Å². The van der Waals surface area contributed by atoms with E-state index in [4.69, 9.17) is 4.99 Å². The lowest BCUT2D eigenvalue weighted by molar-refractivity contribution is 0.554. The van der Waals surface area contributed by atoms with E-state index in [-0.39, 0.29) is 24.0 Å². The second-order valence-electron chi connectivity index (χ2n) is 6.53. The van der Waals surface area contributed by atoms with Gasteiger partial charge in [0.2, 0.25) is 0 Å². The normalized spacial score (nSPS) is 20.8. The second-order valence-corrected chi connectivity index (χ2v) is 8.21. The smallest absolute Gasteiger partial charge is 0.191 e. The summed E-state index contributed by atoms with van der Waals surface area (Å²) in [6, 6.07) is 2.12. The van der Waals surface area contributed by atoms with E-state index in [1.54, 1.807) is 0 Å². The molecule has 1 aliphatic heterocycles. The summed E-state index contributed by atoms with van der Waals surface area (Å²) in [6.07, 6.45) is 3.64. The molecule has 0 amide bonds. The van der Waals surface area contributed by atoms with Gasteiger partial charge in [-0.3, -0.25) is 9.67 Å². The van der Waals surface area contributed by atoms with Gasteiger partial charge in [0.15, 0.2) is 5.96 Å². The number of hydrogen-bond donors (Lipinski definition) is 2. The fraction of sp³-hybridized carbons (Fsp3) is 0.765. The summed E-state index contributed by atoms with van der Waals surface area (Å²) in [6.45, 7) is 12.2. The van der Waals surface area contributed by atoms with E-state index >= 15 is 0 Å². The highest BCUT2D eigenvalue weighted by Gasteiger charge is 2.29. The van der Waals surface area contributed by atoms with Gasteiger partial charge in [0.1, 0.15) is 0 Å². The number of hydrogen-bond acceptors (Lipinski definition) is 3. The van der Waals surface area contributed by atoms with Crippen molar-refractivity contribution in [3.05, 3.63) is 17.5 Å². The Morgan fingerprint density at radius 2 is 2.21 bits per heavy atom. The van der Waals surface area contributed by atoms with Crippen LogP contribution in [0.15, 0.2) is 11.1 Å². The Labute approximate surface area is 167 Å². The van der Waals surface area contributed by atoms with Crippen LogP contribution < -0.4 is 10.6 Å². The van der Waals surface area contributed by atoms with E-state index in [9.17, 15) is 0 Å². The van der Waals surface area contributed by atoms with E-state index in [0.29, 0.717) is 4.75 Å². The monoisotopic (exact) mass is 465 g/mol. The first kappa shape index (κ1) is 21.6. The second kappa shape index (κ2) is 10.5. The zero-order valence-corrected chi connectivity index (χ0v) is 18.5. The zero-order chi connectivity index (χ0) is 16.7. The number of aromatic nitrogens is 2. The zero-order valence-electron chi connectivity index (χ0n) is 15.4. The molecule has 1 aliphatic rings. The van der Waals surface area contributed by atoms with Gasteiger partial charge in [-0.15, -0.1) is 24.0 Å². The Balaban J connectivity index is 0.00000288. The van der Waals surface area contributed by atoms with Crippen molar-refractivity contribution < 1.29 is 0 Å². The molecule has 1 fully saturated rings. The first-order valence-electron chi connectivity index (χ1n) is 8.69. The molecule has 0 radical (unpaired) electrons. The molecule has 1 aromatic rings. The van der Waals surface area contributed by atoms with Crippen LogP contribution in [0.5, 0.6) is 0 Å². The third-order valence-electron chi connectivity index (χ3n) is 4.16. The average molecular weight is 465 g/mol. The molecule has 1 saturated heterocycles. The first-order chi connectivity index (χ1) is 11.0. The van der Waals surface area contributed by atoms with E-state index in [0.717, 1.165) is 44.3 Å². The van der Waals surface area contributed by atoms with Gasteiger partial charge < -0.3 is 10.6 Å². The molecule has 0 aliphatic carbocycles. The molecular weight excluding hydrogens is 433 g/mol. The molecule has 0 spiro atoms. The van der Waals surface area contributed by atoms with E-state index < -0.39 is 0 Å². The predicted octanol–water partition coefficient (Wildman–Crippen LogP) is 3.35. The van der Waals surface area contributed by atoms with Crippen molar-refractivity contribution in [1.29, 1.82) is 0 Å². The fourth-order valence-corrected chi connectivity index (χ4v) is 4.11. The minimum atomic E-state index is 0. The summed E-state index contributed by atoms with van der Waals surface area (Å²) in [4.78, 5) is 4.78. The molecule has 2 rings (SSSR count). The van der Waals surface area contributed by atoms with Gasteiger partial charge in [-0.05, 0) is 58.8 Å². The van der Waals surface area contributed by atoms with Crippen LogP contribution in [0.4, 0.5) is 0 Å². The van der Waals surface area contributed by atoms with Gasteiger partial charge in [0.25, 0.3) is 0 Å². The highest BCUT2D eigenvalue weighted by Crippen LogP contribution is 2.37. The Morgan fingerprint density at radius 3 is 2.79 bits per heavy atom. The van der Waals surface area contributed by atoms with Crippen LogP contribution in [0, 0.1) is 13.8 Å². The van der Waals surface area contributed by atoms with Crippen LogP contribution in [-0.2, 0) is 6.54 Å². The van der Waals surface area contributed by atoms with Crippen molar-refractivity contribution in [2.45, 2.75) is 58.2 Å². The molecule has 0 saturated carbocycles. The Kier molecular flexibility index (Phi) is 9.48. The third-order valence-corrected chi connectivity index (χ3v) is 5.68. The summed E-state index contributed by atoms with van der Waals surface area (Å²) < 4.78 is 2.41. The lowest BCUT2D eigenvalue weighted by atomic mass is 10.1. The van der Waals surface area contributed by atoms with Gasteiger partial charge in [-0.1, -0.05) is 0 Å². The number of thioether (sulfide) groups is 1. The lowest BCUT2D eigenvalue weighted by Gasteiger charge is -2.21. The number of guanidine groups is 1. The van der Waals surface area contributed by atoms with E-state index in [1.807, 2.05) is 6.92 Å². The van der Waals surface area contributed by atoms with Crippen LogP contribution >= 0.6 is 35.7 Å². The van der Waals surface area contributed by atoms with Crippen molar-refractivity contribution in [1.82, 2.24) is 20.4 Å². The highest BCUT2D eigenvalue weighted by atomic mass is 127. The Morgan fingerprint density at radius 1 is 1.42 bits per heavy atom. The standard InChI is InChI=1S/C17H31N5S.HI/c1-5-18-16(20-13-17(4)8-6-11-23-17)19-9-7-10-22-15(3)12-14(2)21-22;/h12H,5-11,13H2,1-4H3,(H2,18,19,20);1H. The lowest BCUT2D eigenvalue weighted by Crippen LogP contribution is -2.39. The van der Waals surface area contributed by atoms with Crippen molar-refractivity contribution in [3.63, 3.8) is 0 Å². The molecule has 1 aromatic heterocycles. The fourth-order valence-electron chi connectivity index (χ4n) is 2.89. The van der Waals surface area contributed by atoms with Crippen LogP contribution in [0.2, 0.25) is 0 Å². The van der Waals surface area contributed by atoms with E-state index in [1.165, 1.54) is 24.3 Å². The number of aliphatic imine (C=N–C) groups is 1. The highest BCUT2D eigenvalue weighted by molar-refractivity contribution is 14.0. The van der Waals surface area contributed by atoms with Crippen molar-refractivity contribution >= 4 is 41.7 Å². The third kappa shape index (κ3) is 6.82. The molecule has 0 aromatic carbocycles. The van der Waals surface area contributed by atoms with Crippen molar-refractivity contribution in [2.24, 2.45) is 4.99 Å². The van der Waals surface area contributed by atoms with Gasteiger partial charge in [-0.2, -0.15) is 16.9 Å². The SMILES string of the molecule is CCNC(=NCC1(C)CCCS1)NCCCn1nc(C)cc1C.I. The molecule has 2 heterocycles. The molecule has 7 heteroatoms. The summed E-state index contributed by atoms with van der Waals surface area (Å²) in [5.41, 5.74) is 2.32. The molecular formula is C17H32IN5S. The number of nitrogens with zero attached hydrogens (tertiary/aromatic N) is 3. The molecule has 1 atom stereocenters.